The largest absolute Gasteiger partial charge is 0.396 e. The fourth-order valence-corrected chi connectivity index (χ4v) is 2.87. The molecule has 0 aliphatic heterocycles. The Labute approximate surface area is 116 Å². The molecule has 1 aliphatic carbocycles. The Morgan fingerprint density at radius 1 is 1.42 bits per heavy atom. The molecule has 1 aliphatic rings. The first-order valence-electron chi connectivity index (χ1n) is 6.36. The number of nitro benzene ring substituents is 1. The van der Waals surface area contributed by atoms with Crippen molar-refractivity contribution in [1.82, 2.24) is 0 Å². The molecule has 1 fully saturated rings. The summed E-state index contributed by atoms with van der Waals surface area (Å²) in [7, 11) is 0. The van der Waals surface area contributed by atoms with Crippen molar-refractivity contribution in [1.29, 1.82) is 0 Å². The van der Waals surface area contributed by atoms with E-state index in [0.29, 0.717) is 17.3 Å². The van der Waals surface area contributed by atoms with Gasteiger partial charge in [-0.05, 0) is 18.9 Å². The number of hydrogen-bond donors (Lipinski definition) is 2. The topological polar surface area (TPSA) is 75.4 Å². The van der Waals surface area contributed by atoms with Gasteiger partial charge in [0.2, 0.25) is 0 Å². The molecule has 2 rings (SSSR count). The molecule has 104 valence electrons. The Morgan fingerprint density at radius 3 is 2.68 bits per heavy atom. The van der Waals surface area contributed by atoms with Crippen LogP contribution < -0.4 is 5.32 Å². The molecule has 0 bridgehead atoms. The van der Waals surface area contributed by atoms with Crippen molar-refractivity contribution in [3.8, 4) is 0 Å². The molecule has 0 amide bonds. The number of hydrogen-bond acceptors (Lipinski definition) is 4. The van der Waals surface area contributed by atoms with Crippen molar-refractivity contribution in [2.45, 2.75) is 25.7 Å². The fourth-order valence-electron chi connectivity index (χ4n) is 2.63. The second-order valence-corrected chi connectivity index (χ2v) is 5.52. The number of aliphatic hydroxyl groups is 1. The number of rotatable bonds is 5. The SMILES string of the molecule is O=[N+]([O-])c1cccc(Cl)c1NCC1(CO)CCCC1. The van der Waals surface area contributed by atoms with E-state index in [4.69, 9.17) is 11.6 Å². The van der Waals surface area contributed by atoms with Gasteiger partial charge in [0.25, 0.3) is 5.69 Å². The van der Waals surface area contributed by atoms with Gasteiger partial charge in [0.1, 0.15) is 5.69 Å². The third kappa shape index (κ3) is 2.98. The first-order valence-corrected chi connectivity index (χ1v) is 6.73. The van der Waals surface area contributed by atoms with E-state index in [1.807, 2.05) is 0 Å². The number of benzene rings is 1. The highest BCUT2D eigenvalue weighted by atomic mass is 35.5. The van der Waals surface area contributed by atoms with Crippen molar-refractivity contribution in [3.63, 3.8) is 0 Å². The Hall–Kier alpha value is -1.33. The van der Waals surface area contributed by atoms with Gasteiger partial charge in [-0.3, -0.25) is 10.1 Å². The number of anilines is 1. The molecule has 0 atom stereocenters. The third-order valence-electron chi connectivity index (χ3n) is 3.83. The molecule has 5 nitrogen and oxygen atoms in total. The molecule has 0 radical (unpaired) electrons. The van der Waals surface area contributed by atoms with E-state index in [9.17, 15) is 15.2 Å². The Kier molecular flexibility index (Phi) is 4.27. The normalized spacial score (nSPS) is 17.4. The van der Waals surface area contributed by atoms with Crippen LogP contribution in [0.1, 0.15) is 25.7 Å². The zero-order valence-corrected chi connectivity index (χ0v) is 11.3. The van der Waals surface area contributed by atoms with Crippen LogP contribution in [0.4, 0.5) is 11.4 Å². The lowest BCUT2D eigenvalue weighted by Gasteiger charge is -2.27. The molecule has 1 aromatic rings. The highest BCUT2D eigenvalue weighted by Gasteiger charge is 2.33. The fraction of sp³-hybridized carbons (Fsp3) is 0.538. The number of halogens is 1. The van der Waals surface area contributed by atoms with Crippen LogP contribution in [-0.2, 0) is 0 Å². The van der Waals surface area contributed by atoms with E-state index < -0.39 is 4.92 Å². The van der Waals surface area contributed by atoms with E-state index in [2.05, 4.69) is 5.32 Å². The third-order valence-corrected chi connectivity index (χ3v) is 4.14. The van der Waals surface area contributed by atoms with Crippen LogP contribution >= 0.6 is 11.6 Å². The zero-order valence-electron chi connectivity index (χ0n) is 10.6. The van der Waals surface area contributed by atoms with Crippen molar-refractivity contribution in [2.24, 2.45) is 5.41 Å². The second-order valence-electron chi connectivity index (χ2n) is 5.11. The first-order chi connectivity index (χ1) is 9.08. The average molecular weight is 285 g/mol. The molecule has 1 aromatic carbocycles. The van der Waals surface area contributed by atoms with Crippen LogP contribution in [0.25, 0.3) is 0 Å². The molecule has 0 spiro atoms. The molecular formula is C13H17ClN2O3. The molecule has 0 heterocycles. The number of para-hydroxylation sites is 1. The smallest absolute Gasteiger partial charge is 0.293 e. The maximum absolute atomic E-state index is 11.0. The predicted octanol–water partition coefficient (Wildman–Crippen LogP) is 3.21. The molecule has 0 saturated heterocycles. The quantitative estimate of drug-likeness (QED) is 0.643. The van der Waals surface area contributed by atoms with Gasteiger partial charge in [-0.1, -0.05) is 30.5 Å². The van der Waals surface area contributed by atoms with Gasteiger partial charge in [-0.2, -0.15) is 0 Å². The number of nitrogens with one attached hydrogen (secondary N) is 1. The lowest BCUT2D eigenvalue weighted by Crippen LogP contribution is -2.30. The summed E-state index contributed by atoms with van der Waals surface area (Å²) in [6.45, 7) is 0.603. The second kappa shape index (κ2) is 5.75. The molecule has 1 saturated carbocycles. The lowest BCUT2D eigenvalue weighted by molar-refractivity contribution is -0.384. The van der Waals surface area contributed by atoms with E-state index in [1.54, 1.807) is 12.1 Å². The highest BCUT2D eigenvalue weighted by molar-refractivity contribution is 6.33. The van der Waals surface area contributed by atoms with Crippen LogP contribution in [0.15, 0.2) is 18.2 Å². The molecule has 2 N–H and O–H groups in total. The van der Waals surface area contributed by atoms with Crippen LogP contribution in [0, 0.1) is 15.5 Å². The Balaban J connectivity index is 2.17. The number of nitro groups is 1. The number of aliphatic hydroxyl groups excluding tert-OH is 1. The molecule has 0 aromatic heterocycles. The van der Waals surface area contributed by atoms with Crippen molar-refractivity contribution in [3.05, 3.63) is 33.3 Å². The van der Waals surface area contributed by atoms with Crippen LogP contribution in [0.5, 0.6) is 0 Å². The molecule has 0 unspecified atom stereocenters. The number of nitrogens with zero attached hydrogens (tertiary/aromatic N) is 1. The summed E-state index contributed by atoms with van der Waals surface area (Å²) < 4.78 is 0. The lowest BCUT2D eigenvalue weighted by atomic mass is 9.87. The molecular weight excluding hydrogens is 268 g/mol. The minimum absolute atomic E-state index is 0.0291. The monoisotopic (exact) mass is 284 g/mol. The summed E-state index contributed by atoms with van der Waals surface area (Å²) >= 11 is 6.02. The Morgan fingerprint density at radius 2 is 2.11 bits per heavy atom. The van der Waals surface area contributed by atoms with E-state index in [0.717, 1.165) is 25.7 Å². The van der Waals surface area contributed by atoms with E-state index in [1.165, 1.54) is 6.07 Å². The Bertz CT molecular complexity index is 473. The maximum atomic E-state index is 11.0. The van der Waals surface area contributed by atoms with Gasteiger partial charge in [0, 0.05) is 18.0 Å². The van der Waals surface area contributed by atoms with Gasteiger partial charge in [0.15, 0.2) is 0 Å². The predicted molar refractivity (Wildman–Crippen MR) is 74.6 cm³/mol. The van der Waals surface area contributed by atoms with Gasteiger partial charge >= 0.3 is 0 Å². The van der Waals surface area contributed by atoms with Crippen LogP contribution in [0.2, 0.25) is 5.02 Å². The molecule has 19 heavy (non-hydrogen) atoms. The standard InChI is InChI=1S/C13H17ClN2O3/c14-10-4-3-5-11(16(18)19)12(10)15-8-13(9-17)6-1-2-7-13/h3-5,15,17H,1-2,6-9H2. The average Bonchev–Trinajstić information content (AvgIpc) is 2.86. The van der Waals surface area contributed by atoms with Crippen molar-refractivity contribution in [2.75, 3.05) is 18.5 Å². The van der Waals surface area contributed by atoms with Crippen LogP contribution in [-0.4, -0.2) is 23.2 Å². The van der Waals surface area contributed by atoms with Crippen molar-refractivity contribution < 1.29 is 10.0 Å². The van der Waals surface area contributed by atoms with E-state index in [-0.39, 0.29) is 17.7 Å². The summed E-state index contributed by atoms with van der Waals surface area (Å²) in [5.41, 5.74) is 0.139. The summed E-state index contributed by atoms with van der Waals surface area (Å²) in [6, 6.07) is 4.61. The maximum Gasteiger partial charge on any atom is 0.293 e. The minimum Gasteiger partial charge on any atom is -0.396 e. The van der Waals surface area contributed by atoms with Gasteiger partial charge < -0.3 is 10.4 Å². The van der Waals surface area contributed by atoms with Gasteiger partial charge in [0.05, 0.1) is 16.6 Å². The zero-order chi connectivity index (χ0) is 13.9. The van der Waals surface area contributed by atoms with Gasteiger partial charge in [-0.25, -0.2) is 0 Å². The van der Waals surface area contributed by atoms with E-state index >= 15 is 0 Å². The summed E-state index contributed by atoms with van der Waals surface area (Å²) in [6.07, 6.45) is 4.06. The van der Waals surface area contributed by atoms with Gasteiger partial charge in [-0.15, -0.1) is 0 Å². The highest BCUT2D eigenvalue weighted by Crippen LogP contribution is 2.39. The summed E-state index contributed by atoms with van der Waals surface area (Å²) in [5.74, 6) is 0. The van der Waals surface area contributed by atoms with Crippen molar-refractivity contribution >= 4 is 23.0 Å². The molecule has 6 heteroatoms. The first kappa shape index (κ1) is 14.1. The minimum atomic E-state index is -0.450. The summed E-state index contributed by atoms with van der Waals surface area (Å²) in [5, 5.41) is 23.9. The van der Waals surface area contributed by atoms with Crippen LogP contribution in [0.3, 0.4) is 0 Å². The summed E-state index contributed by atoms with van der Waals surface area (Å²) in [4.78, 5) is 10.5.